The van der Waals surface area contributed by atoms with Crippen LogP contribution in [-0.2, 0) is 16.2 Å². The van der Waals surface area contributed by atoms with Gasteiger partial charge < -0.3 is 24.7 Å². The van der Waals surface area contributed by atoms with Crippen molar-refractivity contribution in [3.8, 4) is 5.75 Å². The minimum Gasteiger partial charge on any atom is -0.482 e. The molecule has 8 nitrogen and oxygen atoms in total. The van der Waals surface area contributed by atoms with E-state index in [9.17, 15) is 24.6 Å². The van der Waals surface area contributed by atoms with Crippen LogP contribution in [-0.4, -0.2) is 22.2 Å². The van der Waals surface area contributed by atoms with E-state index in [0.29, 0.717) is 0 Å². The lowest BCUT2D eigenvalue weighted by molar-refractivity contribution is -0.133. The Labute approximate surface area is 165 Å². The third kappa shape index (κ3) is 4.06. The number of rotatable bonds is 6. The van der Waals surface area contributed by atoms with Gasteiger partial charge in [0.2, 0.25) is 11.2 Å². The van der Waals surface area contributed by atoms with Crippen molar-refractivity contribution >= 4 is 11.9 Å². The maximum absolute atomic E-state index is 12.5. The van der Waals surface area contributed by atoms with Crippen molar-refractivity contribution in [3.05, 3.63) is 86.7 Å². The van der Waals surface area contributed by atoms with Crippen molar-refractivity contribution in [2.45, 2.75) is 26.4 Å². The highest BCUT2D eigenvalue weighted by molar-refractivity contribution is 5.98. The molecule has 0 aliphatic carbocycles. The number of dihydropyridines is 1. The zero-order valence-corrected chi connectivity index (χ0v) is 15.8. The highest BCUT2D eigenvalue weighted by atomic mass is 16.5. The Morgan fingerprint density at radius 2 is 1.66 bits per heavy atom. The third-order valence-corrected chi connectivity index (χ3v) is 4.56. The molecule has 150 valence electrons. The fourth-order valence-corrected chi connectivity index (χ4v) is 3.25. The fraction of sp³-hybridized carbons (Fsp3) is 0.190. The monoisotopic (exact) mass is 397 g/mol. The van der Waals surface area contributed by atoms with Crippen molar-refractivity contribution in [2.75, 3.05) is 0 Å². The molecule has 0 amide bonds. The van der Waals surface area contributed by atoms with Gasteiger partial charge in [-0.25, -0.2) is 9.59 Å². The van der Waals surface area contributed by atoms with E-state index in [1.54, 1.807) is 0 Å². The topological polar surface area (TPSA) is 126 Å². The highest BCUT2D eigenvalue weighted by Gasteiger charge is 2.38. The summed E-state index contributed by atoms with van der Waals surface area (Å²) in [5.41, 5.74) is 0.468. The summed E-state index contributed by atoms with van der Waals surface area (Å²) >= 11 is 0. The minimum absolute atomic E-state index is 0.0540. The van der Waals surface area contributed by atoms with Crippen LogP contribution in [0.3, 0.4) is 0 Å². The number of hydrogen-bond donors (Lipinski definition) is 3. The number of carboxylic acids is 2. The molecule has 2 heterocycles. The smallest absolute Gasteiger partial charge is 0.334 e. The molecular weight excluding hydrogens is 378 g/mol. The van der Waals surface area contributed by atoms with Crippen molar-refractivity contribution in [2.24, 2.45) is 0 Å². The molecule has 1 aliphatic rings. The van der Waals surface area contributed by atoms with E-state index >= 15 is 0 Å². The number of ether oxygens (including phenoxy) is 1. The molecule has 0 spiro atoms. The molecule has 29 heavy (non-hydrogen) atoms. The maximum atomic E-state index is 12.5. The highest BCUT2D eigenvalue weighted by Crippen LogP contribution is 2.38. The Kier molecular flexibility index (Phi) is 5.54. The van der Waals surface area contributed by atoms with E-state index in [4.69, 9.17) is 9.15 Å². The van der Waals surface area contributed by atoms with Crippen molar-refractivity contribution in [3.63, 3.8) is 0 Å². The van der Waals surface area contributed by atoms with Crippen LogP contribution >= 0.6 is 0 Å². The molecule has 8 heteroatoms. The fourth-order valence-electron chi connectivity index (χ4n) is 3.25. The lowest BCUT2D eigenvalue weighted by Gasteiger charge is -2.27. The third-order valence-electron chi connectivity index (χ3n) is 4.56. The van der Waals surface area contributed by atoms with Gasteiger partial charge in [-0.05, 0) is 19.4 Å². The first-order valence-electron chi connectivity index (χ1n) is 8.74. The Morgan fingerprint density at radius 1 is 1.07 bits per heavy atom. The molecule has 0 atom stereocenters. The van der Waals surface area contributed by atoms with Crippen molar-refractivity contribution in [1.29, 1.82) is 0 Å². The second-order valence-corrected chi connectivity index (χ2v) is 6.53. The normalized spacial score (nSPS) is 14.6. The zero-order valence-electron chi connectivity index (χ0n) is 15.8. The van der Waals surface area contributed by atoms with Crippen LogP contribution in [0.2, 0.25) is 0 Å². The van der Waals surface area contributed by atoms with Gasteiger partial charge in [-0.3, -0.25) is 4.79 Å². The minimum atomic E-state index is -1.31. The number of benzene rings is 1. The van der Waals surface area contributed by atoms with E-state index in [-0.39, 0.29) is 40.7 Å². The first-order chi connectivity index (χ1) is 13.8. The van der Waals surface area contributed by atoms with Crippen LogP contribution in [0.5, 0.6) is 5.75 Å². The number of carboxylic acid groups (broad SMARTS) is 2. The molecule has 0 fully saturated rings. The van der Waals surface area contributed by atoms with Crippen LogP contribution in [0.25, 0.3) is 0 Å². The molecular formula is C21H19NO7. The van der Waals surface area contributed by atoms with Crippen LogP contribution in [0.1, 0.15) is 31.1 Å². The zero-order chi connectivity index (χ0) is 21.1. The molecule has 0 saturated carbocycles. The van der Waals surface area contributed by atoms with Gasteiger partial charge in [-0.1, -0.05) is 30.3 Å². The lowest BCUT2D eigenvalue weighted by Crippen LogP contribution is -2.31. The van der Waals surface area contributed by atoms with Gasteiger partial charge in [0, 0.05) is 17.5 Å². The molecule has 3 N–H and O–H groups in total. The van der Waals surface area contributed by atoms with Crippen molar-refractivity contribution in [1.82, 2.24) is 5.32 Å². The summed E-state index contributed by atoms with van der Waals surface area (Å²) in [4.78, 5) is 36.0. The van der Waals surface area contributed by atoms with Gasteiger partial charge in [-0.2, -0.15) is 0 Å². The van der Waals surface area contributed by atoms with Crippen LogP contribution in [0.4, 0.5) is 0 Å². The van der Waals surface area contributed by atoms with Crippen LogP contribution < -0.4 is 15.5 Å². The number of nitrogens with one attached hydrogen (secondary N) is 1. The Bertz CT molecular complexity index is 1040. The summed E-state index contributed by atoms with van der Waals surface area (Å²) < 4.78 is 11.0. The Hall–Kier alpha value is -3.81. The molecule has 0 saturated heterocycles. The lowest BCUT2D eigenvalue weighted by atomic mass is 9.83. The van der Waals surface area contributed by atoms with E-state index in [0.717, 1.165) is 17.9 Å². The Morgan fingerprint density at radius 3 is 2.17 bits per heavy atom. The summed E-state index contributed by atoms with van der Waals surface area (Å²) in [5.74, 6) is -3.99. The quantitative estimate of drug-likeness (QED) is 0.679. The number of hydrogen-bond acceptors (Lipinski definition) is 6. The van der Waals surface area contributed by atoms with Gasteiger partial charge in [0.05, 0.1) is 17.1 Å². The summed E-state index contributed by atoms with van der Waals surface area (Å²) in [7, 11) is 0. The summed E-state index contributed by atoms with van der Waals surface area (Å²) in [6, 6.07) is 10.3. The maximum Gasteiger partial charge on any atom is 0.334 e. The second kappa shape index (κ2) is 8.05. The molecule has 1 aliphatic heterocycles. The molecule has 2 aromatic rings. The van der Waals surface area contributed by atoms with E-state index in [1.807, 2.05) is 30.3 Å². The average Bonchev–Trinajstić information content (AvgIpc) is 2.66. The molecule has 1 aromatic carbocycles. The van der Waals surface area contributed by atoms with Gasteiger partial charge in [-0.15, -0.1) is 0 Å². The van der Waals surface area contributed by atoms with E-state index in [1.165, 1.54) is 13.8 Å². The predicted octanol–water partition coefficient (Wildman–Crippen LogP) is 2.62. The van der Waals surface area contributed by atoms with E-state index < -0.39 is 23.3 Å². The van der Waals surface area contributed by atoms with E-state index in [2.05, 4.69) is 5.32 Å². The first kappa shape index (κ1) is 19.9. The van der Waals surface area contributed by atoms with Gasteiger partial charge in [0.25, 0.3) is 0 Å². The number of aliphatic carboxylic acids is 2. The van der Waals surface area contributed by atoms with Crippen LogP contribution in [0, 0.1) is 0 Å². The molecule has 0 bridgehead atoms. The van der Waals surface area contributed by atoms with Gasteiger partial charge >= 0.3 is 11.9 Å². The average molecular weight is 397 g/mol. The summed E-state index contributed by atoms with van der Waals surface area (Å²) in [5, 5.41) is 22.0. The second-order valence-electron chi connectivity index (χ2n) is 6.53. The van der Waals surface area contributed by atoms with Gasteiger partial charge in [0.1, 0.15) is 18.6 Å². The summed E-state index contributed by atoms with van der Waals surface area (Å²) in [6.45, 7) is 3.19. The van der Waals surface area contributed by atoms with Crippen LogP contribution in [0.15, 0.2) is 74.4 Å². The molecule has 3 rings (SSSR count). The summed E-state index contributed by atoms with van der Waals surface area (Å²) in [6.07, 6.45) is 1.08. The molecule has 0 unspecified atom stereocenters. The first-order valence-corrected chi connectivity index (χ1v) is 8.74. The van der Waals surface area contributed by atoms with Crippen molar-refractivity contribution < 1.29 is 29.0 Å². The number of allylic oxidation sites excluding steroid dienone is 2. The predicted molar refractivity (Wildman–Crippen MR) is 102 cm³/mol. The molecule has 1 aromatic heterocycles. The molecule has 0 radical (unpaired) electrons. The largest absolute Gasteiger partial charge is 0.482 e. The standard InChI is InChI=1S/C21H19NO7/c1-11-17(20(24)25)19(18(21(26)27)12(2)22-11)15-8-14(23)16(10-29-15)28-9-13-6-4-3-5-7-13/h3-8,10,19,22H,9H2,1-2H3,(H,24,25)(H,26,27). The SMILES string of the molecule is CC1=C(C(=O)O)C(c2cc(=O)c(OCc3ccccc3)co2)C(C(=O)O)=C(C)N1. The number of carbonyl (C=O) groups is 2. The Balaban J connectivity index is 1.98. The van der Waals surface area contributed by atoms with Gasteiger partial charge in [0.15, 0.2) is 0 Å².